The van der Waals surface area contributed by atoms with Gasteiger partial charge in [-0.3, -0.25) is 4.79 Å². The molecule has 2 bridgehead atoms. The molecule has 0 saturated heterocycles. The molecule has 0 spiro atoms. The van der Waals surface area contributed by atoms with Gasteiger partial charge < -0.3 is 4.74 Å². The molecule has 0 aliphatic heterocycles. The van der Waals surface area contributed by atoms with E-state index in [1.807, 2.05) is 0 Å². The third kappa shape index (κ3) is 2.06. The molecule has 0 heterocycles. The summed E-state index contributed by atoms with van der Waals surface area (Å²) in [7, 11) is 0. The number of rotatable bonds is 4. The van der Waals surface area contributed by atoms with E-state index in [9.17, 15) is 22.4 Å². The fourth-order valence-corrected chi connectivity index (χ4v) is 3.41. The summed E-state index contributed by atoms with van der Waals surface area (Å²) in [5.74, 6) is -6.11. The lowest BCUT2D eigenvalue weighted by molar-refractivity contribution is -0.195. The fraction of sp³-hybridized carbons (Fsp3) is 0.900. The monoisotopic (exact) mass is 318 g/mol. The Hall–Kier alpha value is -0.330. The molecular formula is C10H11BrF4O2. The van der Waals surface area contributed by atoms with Crippen LogP contribution in [0.25, 0.3) is 0 Å². The van der Waals surface area contributed by atoms with E-state index < -0.39 is 22.6 Å². The Balaban J connectivity index is 2.08. The number of ether oxygens (including phenoxy) is 1. The smallest absolute Gasteiger partial charge is 0.363 e. The highest BCUT2D eigenvalue weighted by Gasteiger charge is 2.65. The molecule has 0 N–H and O–H groups in total. The Labute approximate surface area is 104 Å². The van der Waals surface area contributed by atoms with Gasteiger partial charge in [-0.05, 0) is 47.0 Å². The molecule has 4 atom stereocenters. The predicted molar refractivity (Wildman–Crippen MR) is 54.1 cm³/mol. The maximum atomic E-state index is 13.5. The van der Waals surface area contributed by atoms with Crippen LogP contribution < -0.4 is 0 Å². The van der Waals surface area contributed by atoms with E-state index in [1.165, 1.54) is 0 Å². The summed E-state index contributed by atoms with van der Waals surface area (Å²) >= 11 is 1.76. The molecule has 17 heavy (non-hydrogen) atoms. The van der Waals surface area contributed by atoms with Crippen molar-refractivity contribution in [3.8, 4) is 0 Å². The van der Waals surface area contributed by atoms with Crippen LogP contribution in [0.2, 0.25) is 0 Å². The lowest BCUT2D eigenvalue weighted by Gasteiger charge is -2.34. The Kier molecular flexibility index (Phi) is 3.16. The number of carbonyl (C=O) groups excluding carboxylic acids is 1. The van der Waals surface area contributed by atoms with Gasteiger partial charge in [0.2, 0.25) is 0 Å². The van der Waals surface area contributed by atoms with Crippen LogP contribution in [0.3, 0.4) is 0 Å². The normalized spacial score (nSPS) is 37.2. The zero-order valence-electron chi connectivity index (χ0n) is 8.71. The van der Waals surface area contributed by atoms with Gasteiger partial charge >= 0.3 is 10.8 Å². The number of alkyl halides is 5. The maximum Gasteiger partial charge on any atom is 0.363 e. The van der Waals surface area contributed by atoms with E-state index in [0.717, 1.165) is 0 Å². The van der Waals surface area contributed by atoms with E-state index in [2.05, 4.69) is 0 Å². The minimum Gasteiger partial charge on any atom is -0.464 e. The molecule has 2 fully saturated rings. The Bertz CT molecular complexity index is 318. The second-order valence-corrected chi connectivity index (χ2v) is 5.72. The van der Waals surface area contributed by atoms with Crippen molar-refractivity contribution in [1.82, 2.24) is 0 Å². The van der Waals surface area contributed by atoms with Crippen LogP contribution in [-0.4, -0.2) is 23.3 Å². The first-order chi connectivity index (χ1) is 7.77. The van der Waals surface area contributed by atoms with Crippen molar-refractivity contribution in [2.75, 3.05) is 0 Å². The SMILES string of the molecule is O=COC1CC2CC1CC2C(F)(F)C(F)(F)Br. The van der Waals surface area contributed by atoms with Gasteiger partial charge in [0.15, 0.2) is 0 Å². The summed E-state index contributed by atoms with van der Waals surface area (Å²) in [6, 6.07) is 0. The van der Waals surface area contributed by atoms with Gasteiger partial charge in [-0.25, -0.2) is 0 Å². The van der Waals surface area contributed by atoms with Crippen molar-refractivity contribution in [1.29, 1.82) is 0 Å². The molecule has 2 rings (SSSR count). The Morgan fingerprint density at radius 2 is 1.76 bits per heavy atom. The van der Waals surface area contributed by atoms with E-state index in [1.54, 1.807) is 15.9 Å². The average molecular weight is 319 g/mol. The molecule has 4 unspecified atom stereocenters. The van der Waals surface area contributed by atoms with Crippen molar-refractivity contribution in [3.05, 3.63) is 0 Å². The van der Waals surface area contributed by atoms with E-state index >= 15 is 0 Å². The number of fused-ring (bicyclic) bond motifs is 2. The summed E-state index contributed by atoms with van der Waals surface area (Å²) in [6.45, 7) is 0.289. The highest BCUT2D eigenvalue weighted by atomic mass is 79.9. The lowest BCUT2D eigenvalue weighted by atomic mass is 9.83. The molecular weight excluding hydrogens is 308 g/mol. The van der Waals surface area contributed by atoms with Crippen molar-refractivity contribution in [3.63, 3.8) is 0 Å². The highest BCUT2D eigenvalue weighted by molar-refractivity contribution is 9.10. The lowest BCUT2D eigenvalue weighted by Crippen LogP contribution is -2.45. The third-order valence-corrected chi connectivity index (χ3v) is 4.39. The van der Waals surface area contributed by atoms with Crippen LogP contribution in [0.5, 0.6) is 0 Å². The molecule has 0 aromatic rings. The number of halogens is 5. The number of hydrogen-bond donors (Lipinski definition) is 0. The molecule has 7 heteroatoms. The molecule has 2 aliphatic rings. The highest BCUT2D eigenvalue weighted by Crippen LogP contribution is 2.58. The molecule has 0 radical (unpaired) electrons. The zero-order valence-corrected chi connectivity index (χ0v) is 10.3. The molecule has 0 aromatic carbocycles. The minimum atomic E-state index is -4.18. The van der Waals surface area contributed by atoms with Crippen molar-refractivity contribution in [2.45, 2.75) is 36.1 Å². The van der Waals surface area contributed by atoms with Gasteiger partial charge in [0.1, 0.15) is 6.10 Å². The summed E-state index contributed by atoms with van der Waals surface area (Å²) in [5, 5.41) is 0. The second-order valence-electron chi connectivity index (χ2n) is 4.73. The van der Waals surface area contributed by atoms with E-state index in [0.29, 0.717) is 6.42 Å². The zero-order chi connectivity index (χ0) is 12.8. The Morgan fingerprint density at radius 1 is 1.12 bits per heavy atom. The van der Waals surface area contributed by atoms with E-state index in [-0.39, 0.29) is 31.3 Å². The first-order valence-electron chi connectivity index (χ1n) is 5.31. The van der Waals surface area contributed by atoms with Crippen LogP contribution in [0, 0.1) is 17.8 Å². The van der Waals surface area contributed by atoms with Crippen LogP contribution >= 0.6 is 15.9 Å². The molecule has 0 aromatic heterocycles. The van der Waals surface area contributed by atoms with Gasteiger partial charge in [-0.2, -0.15) is 17.6 Å². The molecule has 2 saturated carbocycles. The van der Waals surface area contributed by atoms with Crippen molar-refractivity contribution < 1.29 is 27.1 Å². The summed E-state index contributed by atoms with van der Waals surface area (Å²) in [4.78, 5) is 5.99. The second kappa shape index (κ2) is 4.10. The minimum absolute atomic E-state index is 0.0165. The van der Waals surface area contributed by atoms with Crippen LogP contribution in [0.15, 0.2) is 0 Å². The van der Waals surface area contributed by atoms with Gasteiger partial charge in [0, 0.05) is 5.92 Å². The van der Waals surface area contributed by atoms with Crippen LogP contribution in [0.1, 0.15) is 19.3 Å². The summed E-state index contributed by atoms with van der Waals surface area (Å²) < 4.78 is 57.4. The van der Waals surface area contributed by atoms with Gasteiger partial charge in [0.25, 0.3) is 6.47 Å². The standard InChI is InChI=1S/C10H11BrF4O2/c11-10(14,15)9(12,13)7-2-6-1-5(7)3-8(6)17-4-16/h4-8H,1-3H2. The topological polar surface area (TPSA) is 26.3 Å². The molecule has 0 amide bonds. The summed E-state index contributed by atoms with van der Waals surface area (Å²) in [5.41, 5.74) is 0. The molecule has 98 valence electrons. The van der Waals surface area contributed by atoms with Gasteiger partial charge in [-0.1, -0.05) is 0 Å². The Morgan fingerprint density at radius 3 is 2.18 bits per heavy atom. The number of carbonyl (C=O) groups is 1. The predicted octanol–water partition coefficient (Wildman–Crippen LogP) is 3.20. The third-order valence-electron chi connectivity index (χ3n) is 3.87. The van der Waals surface area contributed by atoms with Gasteiger partial charge in [-0.15, -0.1) is 0 Å². The quantitative estimate of drug-likeness (QED) is 0.452. The maximum absolute atomic E-state index is 13.5. The first kappa shape index (κ1) is 13.1. The largest absolute Gasteiger partial charge is 0.464 e. The first-order valence-corrected chi connectivity index (χ1v) is 6.10. The van der Waals surface area contributed by atoms with Gasteiger partial charge in [0.05, 0.1) is 0 Å². The van der Waals surface area contributed by atoms with Crippen LogP contribution in [-0.2, 0) is 9.53 Å². The number of hydrogen-bond acceptors (Lipinski definition) is 2. The summed E-state index contributed by atoms with van der Waals surface area (Å²) in [6.07, 6.45) is 0.292. The van der Waals surface area contributed by atoms with E-state index in [4.69, 9.17) is 4.74 Å². The van der Waals surface area contributed by atoms with Crippen molar-refractivity contribution in [2.24, 2.45) is 17.8 Å². The molecule has 2 nitrogen and oxygen atoms in total. The average Bonchev–Trinajstić information content (AvgIpc) is 2.75. The van der Waals surface area contributed by atoms with Crippen LogP contribution in [0.4, 0.5) is 17.6 Å². The molecule has 2 aliphatic carbocycles. The van der Waals surface area contributed by atoms with Crippen molar-refractivity contribution >= 4 is 22.4 Å². The fourth-order valence-electron chi connectivity index (χ4n) is 3.12.